The number of rotatable bonds is 3. The van der Waals surface area contributed by atoms with Gasteiger partial charge < -0.3 is 4.57 Å². The minimum atomic E-state index is -4.41. The largest absolute Gasteiger partial charge is 0.381 e. The molecule has 0 saturated heterocycles. The summed E-state index contributed by atoms with van der Waals surface area (Å²) in [5, 5.41) is 8.56. The van der Waals surface area contributed by atoms with Crippen LogP contribution in [0.2, 0.25) is 0 Å². The Balaban J connectivity index is 0.00000240. The van der Waals surface area contributed by atoms with Crippen LogP contribution < -0.4 is 0 Å². The quantitative estimate of drug-likeness (QED) is 0.295. The molecule has 4 rings (SSSR count). The number of alkyl halides is 3. The zero-order chi connectivity index (χ0) is 19.7. The summed E-state index contributed by atoms with van der Waals surface area (Å²) in [6.45, 7) is 1.99. The zero-order valence-corrected chi connectivity index (χ0v) is 17.6. The predicted octanol–water partition coefficient (Wildman–Crippen LogP) is 5.73. The van der Waals surface area contributed by atoms with Crippen LogP contribution in [0.3, 0.4) is 0 Å². The molecule has 0 N–H and O–H groups in total. The van der Waals surface area contributed by atoms with Gasteiger partial charge in [-0.2, -0.15) is 18.3 Å². The van der Waals surface area contributed by atoms with Crippen LogP contribution in [-0.4, -0.2) is 14.8 Å². The van der Waals surface area contributed by atoms with Gasteiger partial charge in [-0.25, -0.2) is 0 Å². The molecule has 0 fully saturated rings. The molecule has 1 heterocycles. The SMILES string of the molecule is Cc1ccc(-c2nnc(-c3[c-]cc(C(F)(F)F)cc3)n2-c2ccccc2)cc1.[Ir]. The number of aromatic nitrogens is 3. The maximum atomic E-state index is 12.9. The normalized spacial score (nSPS) is 11.2. The molecule has 4 aromatic rings. The van der Waals surface area contributed by atoms with E-state index in [0.717, 1.165) is 28.9 Å². The molecule has 0 aliphatic rings. The Bertz CT molecular complexity index is 1090. The third-order valence-corrected chi connectivity index (χ3v) is 4.37. The van der Waals surface area contributed by atoms with E-state index in [0.29, 0.717) is 17.2 Å². The van der Waals surface area contributed by atoms with Crippen LogP contribution in [0, 0.1) is 13.0 Å². The van der Waals surface area contributed by atoms with Crippen LogP contribution in [0.15, 0.2) is 72.8 Å². The number of nitrogens with zero attached hydrogens (tertiary/aromatic N) is 3. The molecule has 0 bridgehead atoms. The van der Waals surface area contributed by atoms with Crippen molar-refractivity contribution in [3.05, 3.63) is 90.0 Å². The molecule has 29 heavy (non-hydrogen) atoms. The first-order chi connectivity index (χ1) is 13.4. The molecule has 0 spiro atoms. The average Bonchev–Trinajstić information content (AvgIpc) is 3.14. The Kier molecular flexibility index (Phi) is 6.01. The standard InChI is InChI=1S/C22H15F3N3.Ir/c1-15-7-9-16(10-8-15)20-26-27-21(28(20)19-5-3-2-4-6-19)17-11-13-18(14-12-17)22(23,24)25;/h2-11,13-14H,1H3;/q-1;. The molecule has 1 radical (unpaired) electrons. The van der Waals surface area contributed by atoms with Gasteiger partial charge in [0, 0.05) is 31.4 Å². The molecule has 0 atom stereocenters. The predicted molar refractivity (Wildman–Crippen MR) is 101 cm³/mol. The van der Waals surface area contributed by atoms with Gasteiger partial charge in [0.15, 0.2) is 5.82 Å². The molecule has 0 saturated carbocycles. The van der Waals surface area contributed by atoms with Gasteiger partial charge >= 0.3 is 6.18 Å². The summed E-state index contributed by atoms with van der Waals surface area (Å²) in [6.07, 6.45) is -4.41. The molecule has 7 heteroatoms. The number of hydrogen-bond donors (Lipinski definition) is 0. The van der Waals surface area contributed by atoms with E-state index in [1.165, 1.54) is 6.07 Å². The Labute approximate surface area is 179 Å². The van der Waals surface area contributed by atoms with Crippen LogP contribution in [0.25, 0.3) is 28.5 Å². The first-order valence-electron chi connectivity index (χ1n) is 8.61. The summed E-state index contributed by atoms with van der Waals surface area (Å²) in [5.74, 6) is 1.03. The summed E-state index contributed by atoms with van der Waals surface area (Å²) in [6, 6.07) is 23.3. The number of benzene rings is 3. The summed E-state index contributed by atoms with van der Waals surface area (Å²) in [7, 11) is 0. The second-order valence-electron chi connectivity index (χ2n) is 6.37. The minimum absolute atomic E-state index is 0. The fraction of sp³-hybridized carbons (Fsp3) is 0.0909. The van der Waals surface area contributed by atoms with Gasteiger partial charge in [-0.3, -0.25) is 0 Å². The third kappa shape index (κ3) is 4.31. The van der Waals surface area contributed by atoms with Gasteiger partial charge in [0.2, 0.25) is 0 Å². The van der Waals surface area contributed by atoms with Crippen molar-refractivity contribution in [2.75, 3.05) is 0 Å². The van der Waals surface area contributed by atoms with Crippen molar-refractivity contribution < 1.29 is 33.3 Å². The van der Waals surface area contributed by atoms with E-state index < -0.39 is 11.7 Å². The summed E-state index contributed by atoms with van der Waals surface area (Å²) in [5.41, 5.74) is 2.47. The van der Waals surface area contributed by atoms with E-state index in [9.17, 15) is 13.2 Å². The van der Waals surface area contributed by atoms with E-state index in [1.54, 1.807) is 0 Å². The zero-order valence-electron chi connectivity index (χ0n) is 15.2. The van der Waals surface area contributed by atoms with E-state index >= 15 is 0 Å². The van der Waals surface area contributed by atoms with Gasteiger partial charge in [0.25, 0.3) is 0 Å². The van der Waals surface area contributed by atoms with Crippen LogP contribution in [0.1, 0.15) is 11.1 Å². The summed E-state index contributed by atoms with van der Waals surface area (Å²) < 4.78 is 40.4. The first kappa shape index (κ1) is 21.0. The summed E-state index contributed by atoms with van der Waals surface area (Å²) in [4.78, 5) is 0. The molecule has 0 amide bonds. The van der Waals surface area contributed by atoms with Gasteiger partial charge in [0.05, 0.1) is 5.82 Å². The van der Waals surface area contributed by atoms with Crippen molar-refractivity contribution in [1.29, 1.82) is 0 Å². The van der Waals surface area contributed by atoms with Crippen LogP contribution in [0.5, 0.6) is 0 Å². The van der Waals surface area contributed by atoms with Crippen molar-refractivity contribution in [2.45, 2.75) is 13.1 Å². The van der Waals surface area contributed by atoms with E-state index in [4.69, 9.17) is 0 Å². The van der Waals surface area contributed by atoms with Crippen LogP contribution in [-0.2, 0) is 26.3 Å². The number of para-hydroxylation sites is 1. The van der Waals surface area contributed by atoms with Crippen molar-refractivity contribution in [2.24, 2.45) is 0 Å². The fourth-order valence-electron chi connectivity index (χ4n) is 2.91. The van der Waals surface area contributed by atoms with Gasteiger partial charge in [-0.1, -0.05) is 48.0 Å². The Hall–Kier alpha value is -2.76. The van der Waals surface area contributed by atoms with Crippen molar-refractivity contribution in [3.8, 4) is 28.5 Å². The Morgan fingerprint density at radius 1 is 0.828 bits per heavy atom. The van der Waals surface area contributed by atoms with Gasteiger partial charge in [-0.15, -0.1) is 34.9 Å². The van der Waals surface area contributed by atoms with Crippen molar-refractivity contribution in [1.82, 2.24) is 14.8 Å². The number of aryl methyl sites for hydroxylation is 1. The maximum Gasteiger partial charge on any atom is 0.381 e. The average molecular weight is 571 g/mol. The third-order valence-electron chi connectivity index (χ3n) is 4.37. The monoisotopic (exact) mass is 571 g/mol. The van der Waals surface area contributed by atoms with E-state index in [2.05, 4.69) is 16.3 Å². The van der Waals surface area contributed by atoms with Crippen LogP contribution in [0.4, 0.5) is 13.2 Å². The molecular formula is C22H15F3IrN3-. The molecule has 0 aliphatic carbocycles. The molecule has 1 aromatic heterocycles. The van der Waals surface area contributed by atoms with E-state index in [-0.39, 0.29) is 20.1 Å². The summed E-state index contributed by atoms with van der Waals surface area (Å²) >= 11 is 0. The molecule has 0 unspecified atom stereocenters. The smallest absolute Gasteiger partial charge is 0.316 e. The molecule has 3 nitrogen and oxygen atoms in total. The second kappa shape index (κ2) is 8.31. The topological polar surface area (TPSA) is 30.7 Å². The fourth-order valence-corrected chi connectivity index (χ4v) is 2.91. The van der Waals surface area contributed by atoms with E-state index in [1.807, 2.05) is 66.1 Å². The molecular weight excluding hydrogens is 555 g/mol. The maximum absolute atomic E-state index is 12.9. The molecule has 0 aliphatic heterocycles. The van der Waals surface area contributed by atoms with Crippen molar-refractivity contribution in [3.63, 3.8) is 0 Å². The second-order valence-corrected chi connectivity index (χ2v) is 6.37. The molecule has 149 valence electrons. The van der Waals surface area contributed by atoms with Crippen molar-refractivity contribution >= 4 is 0 Å². The van der Waals surface area contributed by atoms with Gasteiger partial charge in [0.1, 0.15) is 0 Å². The number of halogens is 3. The minimum Gasteiger partial charge on any atom is -0.316 e. The number of hydrogen-bond acceptors (Lipinski definition) is 2. The Morgan fingerprint density at radius 3 is 2.07 bits per heavy atom. The first-order valence-corrected chi connectivity index (χ1v) is 8.61. The van der Waals surface area contributed by atoms with Crippen LogP contribution >= 0.6 is 0 Å². The van der Waals surface area contributed by atoms with Gasteiger partial charge in [-0.05, 0) is 24.6 Å². The molecule has 3 aromatic carbocycles. The Morgan fingerprint density at radius 2 is 1.48 bits per heavy atom.